The predicted molar refractivity (Wildman–Crippen MR) is 147 cm³/mol. The number of H-pyrrole nitrogens is 1. The van der Waals surface area contributed by atoms with Crippen LogP contribution >= 0.6 is 0 Å². The van der Waals surface area contributed by atoms with Crippen LogP contribution in [0.4, 0.5) is 0 Å². The van der Waals surface area contributed by atoms with E-state index < -0.39 is 5.76 Å². The predicted octanol–water partition coefficient (Wildman–Crippen LogP) is 4.29. The first-order valence-corrected chi connectivity index (χ1v) is 13.0. The van der Waals surface area contributed by atoms with Crippen LogP contribution in [0.1, 0.15) is 55.3 Å². The number of nitrogens with zero attached hydrogens (tertiary/aromatic N) is 3. The number of benzene rings is 2. The van der Waals surface area contributed by atoms with Crippen molar-refractivity contribution in [3.05, 3.63) is 92.1 Å². The molecule has 8 nitrogen and oxygen atoms in total. The Balaban J connectivity index is 0.00000336. The molecule has 9 heteroatoms. The van der Waals surface area contributed by atoms with Crippen LogP contribution in [0.5, 0.6) is 0 Å². The fourth-order valence-electron chi connectivity index (χ4n) is 5.02. The van der Waals surface area contributed by atoms with E-state index in [-0.39, 0.29) is 63.0 Å². The van der Waals surface area contributed by atoms with E-state index in [1.54, 1.807) is 0 Å². The van der Waals surface area contributed by atoms with Gasteiger partial charge in [0.2, 0.25) is 0 Å². The van der Waals surface area contributed by atoms with Crippen LogP contribution in [0, 0.1) is 6.92 Å². The summed E-state index contributed by atoms with van der Waals surface area (Å²) in [5.41, 5.74) is 5.31. The van der Waals surface area contributed by atoms with Crippen LogP contribution in [-0.4, -0.2) is 83.8 Å². The smallest absolute Gasteiger partial charge is 0.378 e. The molecule has 0 saturated carbocycles. The van der Waals surface area contributed by atoms with E-state index in [2.05, 4.69) is 17.1 Å². The van der Waals surface area contributed by atoms with Crippen LogP contribution in [0.25, 0.3) is 22.5 Å². The summed E-state index contributed by atoms with van der Waals surface area (Å²) in [7, 11) is 0. The van der Waals surface area contributed by atoms with Crippen LogP contribution in [0.2, 0.25) is 0 Å². The number of hydrogen-bond donors (Lipinski definition) is 1. The fraction of sp³-hybridized carbons (Fsp3) is 0.379. The van der Waals surface area contributed by atoms with Crippen molar-refractivity contribution in [2.45, 2.75) is 65.0 Å². The Morgan fingerprint density at radius 3 is 2.47 bits per heavy atom. The number of rotatable bonds is 8. The van der Waals surface area contributed by atoms with Gasteiger partial charge in [0.15, 0.2) is 5.82 Å². The van der Waals surface area contributed by atoms with Gasteiger partial charge in [-0.1, -0.05) is 60.6 Å². The van der Waals surface area contributed by atoms with Crippen LogP contribution in [0.15, 0.2) is 62.6 Å². The molecule has 38 heavy (non-hydrogen) atoms. The third-order valence-corrected chi connectivity index (χ3v) is 6.96. The topological polar surface area (TPSA) is 103 Å². The molecular weight excluding hydrogens is 507 g/mol. The van der Waals surface area contributed by atoms with Crippen molar-refractivity contribution in [1.29, 1.82) is 0 Å². The summed E-state index contributed by atoms with van der Waals surface area (Å²) in [6, 6.07) is 15.8. The maximum absolute atomic E-state index is 13.7. The molecule has 1 aliphatic heterocycles. The molecule has 1 fully saturated rings. The average molecular weight is 540 g/mol. The van der Waals surface area contributed by atoms with E-state index in [0.29, 0.717) is 18.8 Å². The van der Waals surface area contributed by atoms with Crippen molar-refractivity contribution in [2.75, 3.05) is 6.61 Å². The summed E-state index contributed by atoms with van der Waals surface area (Å²) in [4.78, 5) is 32.6. The molecule has 3 heterocycles. The quantitative estimate of drug-likeness (QED) is 0.335. The molecule has 0 amide bonds. The van der Waals surface area contributed by atoms with Gasteiger partial charge >= 0.3 is 5.76 Å². The number of aromatic amines is 1. The van der Waals surface area contributed by atoms with Crippen LogP contribution in [-0.2, 0) is 24.1 Å². The van der Waals surface area contributed by atoms with Crippen molar-refractivity contribution in [2.24, 2.45) is 0 Å². The molecule has 1 saturated heterocycles. The summed E-state index contributed by atoms with van der Waals surface area (Å²) in [5, 5.41) is 3.84. The normalized spacial score (nSPS) is 15.3. The van der Waals surface area contributed by atoms with Gasteiger partial charge in [0, 0.05) is 87.7 Å². The molecule has 0 bridgehead atoms. The van der Waals surface area contributed by atoms with Gasteiger partial charge in [-0.2, -0.15) is 0 Å². The van der Waals surface area contributed by atoms with Gasteiger partial charge in [0.1, 0.15) is 5.82 Å². The average Bonchev–Trinajstić information content (AvgIpc) is 3.36. The molecule has 4 aromatic rings. The van der Waals surface area contributed by atoms with Gasteiger partial charge in [-0.05, 0) is 49.3 Å². The Labute approximate surface area is 264 Å². The largest absolute Gasteiger partial charge is 0.439 e. The minimum Gasteiger partial charge on any atom is -0.378 e. The van der Waals surface area contributed by atoms with E-state index >= 15 is 0 Å². The SMILES string of the molecule is CCCc1nc(C)c(CC2CCCCO2)c(=O)n1Cc1ccc(-c2ccccc2-c2noc(=O)[nH]2)cc1.[K]. The summed E-state index contributed by atoms with van der Waals surface area (Å²) in [6.45, 7) is 5.27. The maximum Gasteiger partial charge on any atom is 0.439 e. The van der Waals surface area contributed by atoms with E-state index in [9.17, 15) is 9.59 Å². The zero-order valence-electron chi connectivity index (χ0n) is 22.3. The number of aromatic nitrogens is 4. The standard InChI is InChI=1S/C29H32N4O4.K/c1-3-8-26-30-19(2)25(17-22-9-6-7-16-36-22)28(34)33(26)18-20-12-14-21(15-13-20)23-10-4-5-11-24(23)27-31-29(35)37-32-27;/h4-5,10-15,22H,3,6-9,16-18H2,1-2H3,(H,31,32,35);. The zero-order valence-corrected chi connectivity index (χ0v) is 25.5. The molecule has 1 unspecified atom stereocenters. The minimum absolute atomic E-state index is 0. The first kappa shape index (κ1) is 28.9. The molecule has 1 atom stereocenters. The Kier molecular flexibility index (Phi) is 10.1. The molecule has 2 aromatic carbocycles. The first-order valence-electron chi connectivity index (χ1n) is 13.0. The molecule has 193 valence electrons. The number of nitrogens with one attached hydrogen (secondary N) is 1. The van der Waals surface area contributed by atoms with Crippen molar-refractivity contribution in [3.63, 3.8) is 0 Å². The van der Waals surface area contributed by atoms with Gasteiger partial charge in [-0.3, -0.25) is 18.9 Å². The molecule has 5 rings (SSSR count). The molecular formula is C29H32KN4O4. The number of hydrogen-bond acceptors (Lipinski definition) is 6. The number of aryl methyl sites for hydroxylation is 2. The van der Waals surface area contributed by atoms with Crippen LogP contribution in [0.3, 0.4) is 0 Å². The van der Waals surface area contributed by atoms with Gasteiger partial charge in [0.05, 0.1) is 12.6 Å². The summed E-state index contributed by atoms with van der Waals surface area (Å²) >= 11 is 0. The summed E-state index contributed by atoms with van der Waals surface area (Å²) in [6.07, 6.45) is 5.58. The third-order valence-electron chi connectivity index (χ3n) is 6.96. The summed E-state index contributed by atoms with van der Waals surface area (Å²) in [5.74, 6) is 0.623. The van der Waals surface area contributed by atoms with Crippen molar-refractivity contribution >= 4 is 51.4 Å². The minimum atomic E-state index is -0.588. The Morgan fingerprint density at radius 2 is 1.82 bits per heavy atom. The van der Waals surface area contributed by atoms with E-state index in [0.717, 1.165) is 78.0 Å². The van der Waals surface area contributed by atoms with Gasteiger partial charge in [-0.15, -0.1) is 0 Å². The van der Waals surface area contributed by atoms with E-state index in [1.807, 2.05) is 60.0 Å². The molecule has 1 radical (unpaired) electrons. The summed E-state index contributed by atoms with van der Waals surface area (Å²) < 4.78 is 12.4. The fourth-order valence-corrected chi connectivity index (χ4v) is 5.02. The monoisotopic (exact) mass is 539 g/mol. The van der Waals surface area contributed by atoms with E-state index in [1.165, 1.54) is 0 Å². The zero-order chi connectivity index (χ0) is 25.8. The Morgan fingerprint density at radius 1 is 1.05 bits per heavy atom. The Bertz CT molecular complexity index is 1480. The first-order chi connectivity index (χ1) is 18.0. The third kappa shape index (κ3) is 6.52. The van der Waals surface area contributed by atoms with Gasteiger partial charge < -0.3 is 4.74 Å². The van der Waals surface area contributed by atoms with Crippen molar-refractivity contribution < 1.29 is 9.26 Å². The second kappa shape index (κ2) is 13.3. The van der Waals surface area contributed by atoms with E-state index in [4.69, 9.17) is 14.2 Å². The van der Waals surface area contributed by atoms with Gasteiger partial charge in [0.25, 0.3) is 5.56 Å². The second-order valence-corrected chi connectivity index (χ2v) is 9.61. The van der Waals surface area contributed by atoms with Gasteiger partial charge in [-0.25, -0.2) is 9.78 Å². The molecule has 0 spiro atoms. The number of ether oxygens (including phenoxy) is 1. The van der Waals surface area contributed by atoms with Crippen molar-refractivity contribution in [3.8, 4) is 22.5 Å². The molecule has 0 aliphatic carbocycles. The second-order valence-electron chi connectivity index (χ2n) is 9.61. The molecule has 1 aliphatic rings. The Hall–Kier alpha value is -2.14. The van der Waals surface area contributed by atoms with Crippen LogP contribution < -0.4 is 11.3 Å². The molecule has 2 aromatic heterocycles. The van der Waals surface area contributed by atoms with Crippen molar-refractivity contribution in [1.82, 2.24) is 19.7 Å². The maximum atomic E-state index is 13.7. The molecule has 1 N–H and O–H groups in total.